The Hall–Kier alpha value is -3.45. The van der Waals surface area contributed by atoms with Gasteiger partial charge in [0.2, 0.25) is 0 Å². The summed E-state index contributed by atoms with van der Waals surface area (Å²) in [6.45, 7) is 4.13. The average molecular weight is 418 g/mol. The highest BCUT2D eigenvalue weighted by Gasteiger charge is 2.15. The summed E-state index contributed by atoms with van der Waals surface area (Å²) < 4.78 is 1.80. The third-order valence-corrected chi connectivity index (χ3v) is 5.34. The molecule has 2 aromatic carbocycles. The number of hydrogen-bond donors (Lipinski definition) is 2. The number of hydrogen-bond acceptors (Lipinski definition) is 4. The summed E-state index contributed by atoms with van der Waals surface area (Å²) in [5.41, 5.74) is 3.78. The van der Waals surface area contributed by atoms with Crippen molar-refractivity contribution in [3.05, 3.63) is 83.7 Å². The smallest absolute Gasteiger partial charge is 0.313 e. The molecule has 4 rings (SSSR count). The summed E-state index contributed by atoms with van der Waals surface area (Å²) in [6.07, 6.45) is 6.12. The highest BCUT2D eigenvalue weighted by molar-refractivity contribution is 6.39. The Balaban J connectivity index is 1.28. The molecule has 7 heteroatoms. The molecular weight excluding hydrogens is 390 g/mol. The van der Waals surface area contributed by atoms with Gasteiger partial charge in [0, 0.05) is 31.2 Å². The highest BCUT2D eigenvalue weighted by Crippen LogP contribution is 2.14. The van der Waals surface area contributed by atoms with E-state index in [0.717, 1.165) is 30.8 Å². The van der Waals surface area contributed by atoms with Crippen LogP contribution < -0.4 is 10.6 Å². The van der Waals surface area contributed by atoms with Crippen molar-refractivity contribution in [3.63, 3.8) is 0 Å². The number of aromatic nitrogens is 2. The van der Waals surface area contributed by atoms with E-state index >= 15 is 0 Å². The van der Waals surface area contributed by atoms with Gasteiger partial charge >= 0.3 is 11.8 Å². The van der Waals surface area contributed by atoms with Crippen LogP contribution in [0.25, 0.3) is 0 Å². The molecule has 0 spiro atoms. The van der Waals surface area contributed by atoms with Gasteiger partial charge in [-0.15, -0.1) is 0 Å². The molecule has 2 amide bonds. The van der Waals surface area contributed by atoms with Crippen molar-refractivity contribution in [2.75, 3.05) is 18.4 Å². The van der Waals surface area contributed by atoms with Crippen LogP contribution in [0.5, 0.6) is 0 Å². The average Bonchev–Trinajstić information content (AvgIpc) is 3.47. The second kappa shape index (κ2) is 10.0. The van der Waals surface area contributed by atoms with Gasteiger partial charge in [-0.2, -0.15) is 5.10 Å². The van der Waals surface area contributed by atoms with Gasteiger partial charge in [-0.25, -0.2) is 0 Å². The number of carbonyl (C=O) groups is 2. The van der Waals surface area contributed by atoms with Gasteiger partial charge in [0.05, 0.1) is 6.54 Å². The van der Waals surface area contributed by atoms with Crippen LogP contribution in [-0.4, -0.2) is 39.6 Å². The summed E-state index contributed by atoms with van der Waals surface area (Å²) in [6, 6.07) is 17.4. The third-order valence-electron chi connectivity index (χ3n) is 5.34. The van der Waals surface area contributed by atoms with Crippen molar-refractivity contribution in [3.8, 4) is 0 Å². The van der Waals surface area contributed by atoms with Gasteiger partial charge in [0.1, 0.15) is 0 Å². The van der Waals surface area contributed by atoms with Crippen LogP contribution in [0.1, 0.15) is 29.5 Å². The van der Waals surface area contributed by atoms with Crippen LogP contribution in [0, 0.1) is 0 Å². The lowest BCUT2D eigenvalue weighted by atomic mass is 10.1. The Morgan fingerprint density at radius 2 is 1.61 bits per heavy atom. The zero-order valence-corrected chi connectivity index (χ0v) is 17.5. The van der Waals surface area contributed by atoms with Crippen molar-refractivity contribution in [1.29, 1.82) is 0 Å². The first-order chi connectivity index (χ1) is 15.2. The summed E-state index contributed by atoms with van der Waals surface area (Å²) in [5.74, 6) is -1.33. The number of anilines is 1. The Kier molecular flexibility index (Phi) is 6.74. The van der Waals surface area contributed by atoms with Gasteiger partial charge in [0.15, 0.2) is 0 Å². The van der Waals surface area contributed by atoms with E-state index in [9.17, 15) is 9.59 Å². The van der Waals surface area contributed by atoms with Gasteiger partial charge in [-0.05, 0) is 60.8 Å². The summed E-state index contributed by atoms with van der Waals surface area (Å²) in [7, 11) is 0. The van der Waals surface area contributed by atoms with Gasteiger partial charge in [-0.1, -0.05) is 36.4 Å². The molecule has 0 atom stereocenters. The molecule has 7 nitrogen and oxygen atoms in total. The second-order valence-electron chi connectivity index (χ2n) is 7.84. The molecule has 2 heterocycles. The van der Waals surface area contributed by atoms with Crippen LogP contribution in [-0.2, 0) is 29.2 Å². The molecule has 0 saturated carbocycles. The number of rotatable bonds is 7. The Labute approximate surface area is 182 Å². The first-order valence-corrected chi connectivity index (χ1v) is 10.6. The summed E-state index contributed by atoms with van der Waals surface area (Å²) in [4.78, 5) is 27.0. The molecule has 1 aliphatic rings. The monoisotopic (exact) mass is 417 g/mol. The predicted molar refractivity (Wildman–Crippen MR) is 119 cm³/mol. The van der Waals surface area contributed by atoms with Gasteiger partial charge in [0.25, 0.3) is 0 Å². The number of nitrogens with one attached hydrogen (secondary N) is 2. The van der Waals surface area contributed by atoms with E-state index < -0.39 is 11.8 Å². The Bertz CT molecular complexity index is 1030. The Morgan fingerprint density at radius 3 is 2.39 bits per heavy atom. The van der Waals surface area contributed by atoms with E-state index in [0.29, 0.717) is 18.8 Å². The number of benzene rings is 2. The lowest BCUT2D eigenvalue weighted by Gasteiger charge is -2.15. The largest absolute Gasteiger partial charge is 0.344 e. The minimum absolute atomic E-state index is 0.319. The van der Waals surface area contributed by atoms with Gasteiger partial charge < -0.3 is 10.6 Å². The summed E-state index contributed by atoms with van der Waals surface area (Å²) >= 11 is 0. The molecule has 1 saturated heterocycles. The van der Waals surface area contributed by atoms with Crippen LogP contribution in [0.2, 0.25) is 0 Å². The Morgan fingerprint density at radius 1 is 0.871 bits per heavy atom. The zero-order chi connectivity index (χ0) is 21.5. The fraction of sp³-hybridized carbons (Fsp3) is 0.292. The van der Waals surface area contributed by atoms with Crippen molar-refractivity contribution < 1.29 is 9.59 Å². The van der Waals surface area contributed by atoms with E-state index in [-0.39, 0.29) is 0 Å². The first-order valence-electron chi connectivity index (χ1n) is 10.6. The van der Waals surface area contributed by atoms with Crippen molar-refractivity contribution >= 4 is 17.5 Å². The minimum atomic E-state index is -0.676. The van der Waals surface area contributed by atoms with E-state index in [2.05, 4.69) is 32.8 Å². The molecule has 160 valence electrons. The summed E-state index contributed by atoms with van der Waals surface area (Å²) in [5, 5.41) is 9.56. The van der Waals surface area contributed by atoms with E-state index in [4.69, 9.17) is 0 Å². The highest BCUT2D eigenvalue weighted by atomic mass is 16.2. The topological polar surface area (TPSA) is 79.3 Å². The van der Waals surface area contributed by atoms with Crippen LogP contribution in [0.3, 0.4) is 0 Å². The van der Waals surface area contributed by atoms with Crippen LogP contribution in [0.4, 0.5) is 5.69 Å². The quantitative estimate of drug-likeness (QED) is 0.580. The molecule has 0 aliphatic carbocycles. The first kappa shape index (κ1) is 20.8. The molecule has 1 aliphatic heterocycles. The molecule has 1 fully saturated rings. The van der Waals surface area contributed by atoms with Crippen molar-refractivity contribution in [2.24, 2.45) is 0 Å². The molecule has 2 N–H and O–H groups in total. The molecule has 0 bridgehead atoms. The van der Waals surface area contributed by atoms with Crippen LogP contribution >= 0.6 is 0 Å². The lowest BCUT2D eigenvalue weighted by Crippen LogP contribution is -2.35. The molecular formula is C24H27N5O2. The van der Waals surface area contributed by atoms with Crippen molar-refractivity contribution in [2.45, 2.75) is 32.5 Å². The van der Waals surface area contributed by atoms with E-state index in [1.807, 2.05) is 42.6 Å². The number of nitrogens with zero attached hydrogens (tertiary/aromatic N) is 3. The zero-order valence-electron chi connectivity index (χ0n) is 17.5. The number of carbonyl (C=O) groups excluding carboxylic acids is 2. The van der Waals surface area contributed by atoms with Crippen molar-refractivity contribution in [1.82, 2.24) is 20.0 Å². The molecule has 0 unspecified atom stereocenters. The minimum Gasteiger partial charge on any atom is -0.344 e. The van der Waals surface area contributed by atoms with E-state index in [1.54, 1.807) is 16.9 Å². The van der Waals surface area contributed by atoms with Crippen LogP contribution in [0.15, 0.2) is 67.0 Å². The number of amides is 2. The van der Waals surface area contributed by atoms with E-state index in [1.165, 1.54) is 18.4 Å². The molecule has 1 aromatic heterocycles. The maximum atomic E-state index is 12.3. The lowest BCUT2D eigenvalue weighted by molar-refractivity contribution is -0.136. The maximum absolute atomic E-state index is 12.3. The fourth-order valence-corrected chi connectivity index (χ4v) is 3.82. The molecule has 0 radical (unpaired) electrons. The van der Waals surface area contributed by atoms with Gasteiger partial charge in [-0.3, -0.25) is 19.2 Å². The normalized spacial score (nSPS) is 13.8. The second-order valence-corrected chi connectivity index (χ2v) is 7.84. The SMILES string of the molecule is O=C(NCc1cccc(CN2CCCC2)c1)C(=O)Nc1cccc(Cn2cccn2)c1. The molecule has 31 heavy (non-hydrogen) atoms. The maximum Gasteiger partial charge on any atom is 0.313 e. The third kappa shape index (κ3) is 6.02. The number of likely N-dealkylation sites (tertiary alicyclic amines) is 1. The fourth-order valence-electron chi connectivity index (χ4n) is 3.82. The molecule has 3 aromatic rings. The predicted octanol–water partition coefficient (Wildman–Crippen LogP) is 2.78. The standard InChI is InChI=1S/C24H27N5O2/c30-23(25-16-19-6-3-7-20(14-19)17-28-11-1-2-12-28)24(31)27-22-9-4-8-21(15-22)18-29-13-5-10-26-29/h3-10,13-15H,1-2,11-12,16-18H2,(H,25,30)(H,27,31).